The van der Waals surface area contributed by atoms with Gasteiger partial charge in [-0.1, -0.05) is 19.1 Å². The predicted molar refractivity (Wildman–Crippen MR) is 54.9 cm³/mol. The fourth-order valence-corrected chi connectivity index (χ4v) is 2.15. The van der Waals surface area contributed by atoms with Gasteiger partial charge in [0, 0.05) is 7.11 Å². The van der Waals surface area contributed by atoms with E-state index in [9.17, 15) is 8.42 Å². The van der Waals surface area contributed by atoms with Crippen LogP contribution in [0.4, 0.5) is 0 Å². The highest BCUT2D eigenvalue weighted by atomic mass is 32.2. The molecule has 1 rings (SSSR count). The third kappa shape index (κ3) is 2.56. The van der Waals surface area contributed by atoms with Crippen LogP contribution in [-0.2, 0) is 21.0 Å². The number of ether oxygens (including phenoxy) is 1. The first-order valence-corrected chi connectivity index (χ1v) is 6.06. The van der Waals surface area contributed by atoms with E-state index >= 15 is 0 Å². The quantitative estimate of drug-likeness (QED) is 0.765. The van der Waals surface area contributed by atoms with Crippen LogP contribution in [0.15, 0.2) is 29.2 Å². The second-order valence-corrected chi connectivity index (χ2v) is 4.96. The minimum Gasteiger partial charge on any atom is -0.368 e. The maximum absolute atomic E-state index is 11.5. The van der Waals surface area contributed by atoms with Gasteiger partial charge in [0.15, 0.2) is 5.94 Å². The average molecular weight is 214 g/mol. The number of sulfone groups is 1. The SMILES string of the molecule is CCc1ccc(S(=O)(=O)COC)cc1. The molecule has 0 N–H and O–H groups in total. The number of methoxy groups -OCH3 is 1. The van der Waals surface area contributed by atoms with Crippen LogP contribution in [0.25, 0.3) is 0 Å². The average Bonchev–Trinajstić information content (AvgIpc) is 2.18. The molecule has 0 unspecified atom stereocenters. The Morgan fingerprint density at radius 1 is 1.21 bits per heavy atom. The first-order chi connectivity index (χ1) is 6.60. The summed E-state index contributed by atoms with van der Waals surface area (Å²) >= 11 is 0. The van der Waals surface area contributed by atoms with Crippen molar-refractivity contribution in [3.63, 3.8) is 0 Å². The van der Waals surface area contributed by atoms with Crippen molar-refractivity contribution in [2.24, 2.45) is 0 Å². The van der Waals surface area contributed by atoms with E-state index in [2.05, 4.69) is 4.74 Å². The summed E-state index contributed by atoms with van der Waals surface area (Å²) < 4.78 is 27.6. The highest BCUT2D eigenvalue weighted by Gasteiger charge is 2.12. The van der Waals surface area contributed by atoms with E-state index in [4.69, 9.17) is 0 Å². The highest BCUT2D eigenvalue weighted by molar-refractivity contribution is 7.91. The molecule has 0 bridgehead atoms. The fraction of sp³-hybridized carbons (Fsp3) is 0.400. The van der Waals surface area contributed by atoms with E-state index < -0.39 is 9.84 Å². The zero-order valence-electron chi connectivity index (χ0n) is 8.36. The monoisotopic (exact) mass is 214 g/mol. The first-order valence-electron chi connectivity index (χ1n) is 4.41. The second-order valence-electron chi connectivity index (χ2n) is 3.02. The molecule has 3 nitrogen and oxygen atoms in total. The summed E-state index contributed by atoms with van der Waals surface area (Å²) in [5.41, 5.74) is 1.13. The van der Waals surface area contributed by atoms with Gasteiger partial charge in [-0.3, -0.25) is 0 Å². The molecule has 0 saturated carbocycles. The molecule has 0 aliphatic carbocycles. The molecule has 1 aromatic rings. The van der Waals surface area contributed by atoms with Crippen LogP contribution in [0.1, 0.15) is 12.5 Å². The molecule has 0 radical (unpaired) electrons. The van der Waals surface area contributed by atoms with Gasteiger partial charge < -0.3 is 4.74 Å². The lowest BCUT2D eigenvalue weighted by atomic mass is 10.2. The van der Waals surface area contributed by atoms with Crippen LogP contribution >= 0.6 is 0 Å². The van der Waals surface area contributed by atoms with Crippen LogP contribution in [0.2, 0.25) is 0 Å². The van der Waals surface area contributed by atoms with Crippen LogP contribution in [0, 0.1) is 0 Å². The molecule has 1 aromatic carbocycles. The van der Waals surface area contributed by atoms with Gasteiger partial charge in [-0.05, 0) is 24.1 Å². The zero-order valence-corrected chi connectivity index (χ0v) is 9.17. The summed E-state index contributed by atoms with van der Waals surface area (Å²) in [5, 5.41) is 0. The zero-order chi connectivity index (χ0) is 10.6. The highest BCUT2D eigenvalue weighted by Crippen LogP contribution is 2.12. The molecule has 0 atom stereocenters. The Hall–Kier alpha value is -0.870. The third-order valence-corrected chi connectivity index (χ3v) is 3.50. The van der Waals surface area contributed by atoms with Crippen molar-refractivity contribution in [1.82, 2.24) is 0 Å². The molecule has 0 saturated heterocycles. The molecular weight excluding hydrogens is 200 g/mol. The minimum atomic E-state index is -3.26. The molecule has 0 amide bonds. The van der Waals surface area contributed by atoms with E-state index in [1.54, 1.807) is 12.1 Å². The van der Waals surface area contributed by atoms with Gasteiger partial charge in [-0.25, -0.2) is 8.42 Å². The number of hydrogen-bond donors (Lipinski definition) is 0. The lowest BCUT2D eigenvalue weighted by Gasteiger charge is -2.03. The van der Waals surface area contributed by atoms with Crippen LogP contribution < -0.4 is 0 Å². The Bertz CT molecular complexity index is 378. The number of hydrogen-bond acceptors (Lipinski definition) is 3. The van der Waals surface area contributed by atoms with Crippen molar-refractivity contribution in [3.8, 4) is 0 Å². The van der Waals surface area contributed by atoms with Gasteiger partial charge >= 0.3 is 0 Å². The molecule has 0 aliphatic rings. The van der Waals surface area contributed by atoms with Gasteiger partial charge in [0.1, 0.15) is 0 Å². The van der Waals surface area contributed by atoms with E-state index in [0.717, 1.165) is 12.0 Å². The summed E-state index contributed by atoms with van der Waals surface area (Å²) in [6.45, 7) is 2.03. The van der Waals surface area contributed by atoms with Gasteiger partial charge in [0.25, 0.3) is 0 Å². The molecule has 0 aromatic heterocycles. The molecule has 4 heteroatoms. The van der Waals surface area contributed by atoms with Crippen molar-refractivity contribution in [2.75, 3.05) is 13.0 Å². The third-order valence-electron chi connectivity index (χ3n) is 1.96. The molecule has 0 spiro atoms. The summed E-state index contributed by atoms with van der Waals surface area (Å²) in [6, 6.07) is 6.88. The number of rotatable bonds is 4. The van der Waals surface area contributed by atoms with Gasteiger partial charge in [-0.2, -0.15) is 0 Å². The Morgan fingerprint density at radius 2 is 1.79 bits per heavy atom. The topological polar surface area (TPSA) is 43.4 Å². The van der Waals surface area contributed by atoms with E-state index in [1.165, 1.54) is 7.11 Å². The van der Waals surface area contributed by atoms with Crippen molar-refractivity contribution < 1.29 is 13.2 Å². The van der Waals surface area contributed by atoms with Crippen molar-refractivity contribution in [1.29, 1.82) is 0 Å². The van der Waals surface area contributed by atoms with Crippen molar-refractivity contribution in [2.45, 2.75) is 18.2 Å². The van der Waals surface area contributed by atoms with E-state index in [-0.39, 0.29) is 5.94 Å². The van der Waals surface area contributed by atoms with Gasteiger partial charge in [0.05, 0.1) is 4.90 Å². The summed E-state index contributed by atoms with van der Waals surface area (Å²) in [6.07, 6.45) is 0.907. The standard InChI is InChI=1S/C10H14O3S/c1-3-9-4-6-10(7-5-9)14(11,12)8-13-2/h4-7H,3,8H2,1-2H3. The summed E-state index contributed by atoms with van der Waals surface area (Å²) in [5.74, 6) is -0.265. The Labute approximate surface area is 84.6 Å². The fourth-order valence-electron chi connectivity index (χ4n) is 1.16. The van der Waals surface area contributed by atoms with Gasteiger partial charge in [-0.15, -0.1) is 0 Å². The van der Waals surface area contributed by atoms with Crippen LogP contribution in [0.5, 0.6) is 0 Å². The normalized spacial score (nSPS) is 11.6. The van der Waals surface area contributed by atoms with E-state index in [0.29, 0.717) is 4.90 Å². The smallest absolute Gasteiger partial charge is 0.202 e. The maximum atomic E-state index is 11.5. The van der Waals surface area contributed by atoms with E-state index in [1.807, 2.05) is 19.1 Å². The molecular formula is C10H14O3S. The molecule has 0 heterocycles. The lowest BCUT2D eigenvalue weighted by molar-refractivity contribution is 0.250. The van der Waals surface area contributed by atoms with Crippen molar-refractivity contribution in [3.05, 3.63) is 29.8 Å². The number of benzene rings is 1. The summed E-state index contributed by atoms with van der Waals surface area (Å²) in [4.78, 5) is 0.316. The lowest BCUT2D eigenvalue weighted by Crippen LogP contribution is -2.08. The maximum Gasteiger partial charge on any atom is 0.202 e. The molecule has 0 aliphatic heterocycles. The summed E-state index contributed by atoms with van der Waals surface area (Å²) in [7, 11) is -1.88. The Balaban J connectivity index is 2.97. The Morgan fingerprint density at radius 3 is 2.21 bits per heavy atom. The molecule has 0 fully saturated rings. The van der Waals surface area contributed by atoms with Crippen LogP contribution in [0.3, 0.4) is 0 Å². The number of aryl methyl sites for hydroxylation is 1. The molecule has 14 heavy (non-hydrogen) atoms. The second kappa shape index (κ2) is 4.57. The van der Waals surface area contributed by atoms with Crippen LogP contribution in [-0.4, -0.2) is 21.5 Å². The Kier molecular flexibility index (Phi) is 3.66. The van der Waals surface area contributed by atoms with Crippen molar-refractivity contribution >= 4 is 9.84 Å². The minimum absolute atomic E-state index is 0.265. The first kappa shape index (κ1) is 11.2. The predicted octanol–water partition coefficient (Wildman–Crippen LogP) is 1.63. The largest absolute Gasteiger partial charge is 0.368 e. The van der Waals surface area contributed by atoms with Gasteiger partial charge in [0.2, 0.25) is 9.84 Å². The molecule has 78 valence electrons.